The maximum absolute atomic E-state index is 6.65. The molecule has 130 valence electrons. The van der Waals surface area contributed by atoms with Gasteiger partial charge in [-0.05, 0) is 55.1 Å². The van der Waals surface area contributed by atoms with Crippen LogP contribution in [0.1, 0.15) is 39.2 Å². The second kappa shape index (κ2) is 6.94. The highest BCUT2D eigenvalue weighted by Crippen LogP contribution is 2.47. The minimum absolute atomic E-state index is 0.0616. The molecule has 1 aromatic rings. The summed E-state index contributed by atoms with van der Waals surface area (Å²) in [5.41, 5.74) is 7.83. The van der Waals surface area contributed by atoms with Gasteiger partial charge < -0.3 is 10.2 Å². The standard InChI is InChI=1S/C18H29ClINOSi/c1-17(2,3)23(4,5)22-16(20)15(18(21)10-11-18)12-13-6-8-14(19)9-7-13/h6-9,15-16H,10-12,21H2,1-5H3. The Hall–Kier alpha value is 0.377. The molecule has 23 heavy (non-hydrogen) atoms. The van der Waals surface area contributed by atoms with Crippen molar-refractivity contribution in [1.82, 2.24) is 0 Å². The van der Waals surface area contributed by atoms with Gasteiger partial charge in [0.05, 0.1) is 0 Å². The number of alkyl halides is 1. The normalized spacial score (nSPS) is 20.2. The Morgan fingerprint density at radius 2 is 1.78 bits per heavy atom. The van der Waals surface area contributed by atoms with Gasteiger partial charge in [0.1, 0.15) is 4.11 Å². The zero-order valence-corrected chi connectivity index (χ0v) is 18.7. The Balaban J connectivity index is 2.14. The topological polar surface area (TPSA) is 35.2 Å². The summed E-state index contributed by atoms with van der Waals surface area (Å²) in [6.07, 6.45) is 3.16. The van der Waals surface area contributed by atoms with Crippen molar-refractivity contribution in [3.8, 4) is 0 Å². The summed E-state index contributed by atoms with van der Waals surface area (Å²) in [5.74, 6) is 0.346. The first kappa shape index (κ1) is 19.7. The molecule has 1 aromatic carbocycles. The Morgan fingerprint density at radius 1 is 1.26 bits per heavy atom. The molecule has 0 amide bonds. The lowest BCUT2D eigenvalue weighted by molar-refractivity contribution is 0.182. The fraction of sp³-hybridized carbons (Fsp3) is 0.667. The van der Waals surface area contributed by atoms with Gasteiger partial charge in [0.15, 0.2) is 8.32 Å². The van der Waals surface area contributed by atoms with Crippen LogP contribution >= 0.6 is 34.2 Å². The molecule has 2 atom stereocenters. The zero-order valence-electron chi connectivity index (χ0n) is 14.8. The summed E-state index contributed by atoms with van der Waals surface area (Å²) < 4.78 is 6.80. The highest BCUT2D eigenvalue weighted by atomic mass is 127. The van der Waals surface area contributed by atoms with Crippen LogP contribution in [-0.2, 0) is 10.8 Å². The molecule has 0 saturated heterocycles. The highest BCUT2D eigenvalue weighted by molar-refractivity contribution is 14.1. The molecule has 0 aromatic heterocycles. The largest absolute Gasteiger partial charge is 0.405 e. The molecule has 5 heteroatoms. The molecule has 0 heterocycles. The van der Waals surface area contributed by atoms with Crippen LogP contribution in [0.3, 0.4) is 0 Å². The third-order valence-electron chi connectivity index (χ3n) is 5.46. The smallest absolute Gasteiger partial charge is 0.193 e. The molecule has 1 aliphatic rings. The molecular formula is C18H29ClINOSi. The van der Waals surface area contributed by atoms with Crippen LogP contribution in [-0.4, -0.2) is 18.0 Å². The lowest BCUT2D eigenvalue weighted by Crippen LogP contribution is -2.48. The van der Waals surface area contributed by atoms with Gasteiger partial charge >= 0.3 is 0 Å². The third kappa shape index (κ3) is 4.94. The van der Waals surface area contributed by atoms with Gasteiger partial charge in [-0.1, -0.05) is 67.1 Å². The van der Waals surface area contributed by atoms with E-state index in [-0.39, 0.29) is 14.7 Å². The predicted octanol–water partition coefficient (Wildman–Crippen LogP) is 5.77. The van der Waals surface area contributed by atoms with Gasteiger partial charge in [-0.3, -0.25) is 0 Å². The van der Waals surface area contributed by atoms with E-state index < -0.39 is 8.32 Å². The van der Waals surface area contributed by atoms with E-state index in [2.05, 4.69) is 68.6 Å². The fourth-order valence-electron chi connectivity index (χ4n) is 2.49. The molecule has 0 aliphatic heterocycles. The van der Waals surface area contributed by atoms with Crippen molar-refractivity contribution < 1.29 is 4.43 Å². The molecule has 2 rings (SSSR count). The molecular weight excluding hydrogens is 437 g/mol. The molecule has 0 bridgehead atoms. The number of hydrogen-bond donors (Lipinski definition) is 1. The van der Waals surface area contributed by atoms with E-state index in [0.717, 1.165) is 24.3 Å². The van der Waals surface area contributed by atoms with E-state index >= 15 is 0 Å². The second-order valence-corrected chi connectivity index (χ2v) is 14.8. The first-order valence-corrected chi connectivity index (χ1v) is 12.8. The van der Waals surface area contributed by atoms with Gasteiger partial charge in [0.2, 0.25) is 0 Å². The van der Waals surface area contributed by atoms with E-state index in [4.69, 9.17) is 21.8 Å². The van der Waals surface area contributed by atoms with E-state index in [9.17, 15) is 0 Å². The van der Waals surface area contributed by atoms with Crippen molar-refractivity contribution in [2.45, 2.75) is 67.8 Å². The molecule has 1 aliphatic carbocycles. The number of nitrogens with two attached hydrogens (primary N) is 1. The van der Waals surface area contributed by atoms with Crippen molar-refractivity contribution in [2.24, 2.45) is 11.7 Å². The van der Waals surface area contributed by atoms with Gasteiger partial charge in [-0.2, -0.15) is 0 Å². The average Bonchev–Trinajstić information content (AvgIpc) is 3.15. The minimum atomic E-state index is -1.79. The van der Waals surface area contributed by atoms with E-state index in [1.54, 1.807) is 0 Å². The minimum Gasteiger partial charge on any atom is -0.405 e. The third-order valence-corrected chi connectivity index (χ3v) is 11.8. The second-order valence-electron chi connectivity index (χ2n) is 8.40. The quantitative estimate of drug-likeness (QED) is 0.329. The van der Waals surface area contributed by atoms with E-state index in [1.807, 2.05) is 12.1 Å². The van der Waals surface area contributed by atoms with Gasteiger partial charge in [0, 0.05) is 16.5 Å². The summed E-state index contributed by atoms with van der Waals surface area (Å²) in [6.45, 7) is 11.5. The van der Waals surface area contributed by atoms with Gasteiger partial charge in [-0.15, -0.1) is 0 Å². The van der Waals surface area contributed by atoms with E-state index in [1.165, 1.54) is 5.56 Å². The lowest BCUT2D eigenvalue weighted by Gasteiger charge is -2.41. The highest BCUT2D eigenvalue weighted by Gasteiger charge is 2.50. The first-order chi connectivity index (χ1) is 10.4. The molecule has 2 nitrogen and oxygen atoms in total. The molecule has 1 fully saturated rings. The Morgan fingerprint density at radius 3 is 2.22 bits per heavy atom. The van der Waals surface area contributed by atoms with Crippen LogP contribution in [0.15, 0.2) is 24.3 Å². The predicted molar refractivity (Wildman–Crippen MR) is 111 cm³/mol. The SMILES string of the molecule is CC(C)(C)[Si](C)(C)OC(I)C(Cc1ccc(Cl)cc1)C1(N)CC1. The number of benzene rings is 1. The van der Waals surface area contributed by atoms with Crippen molar-refractivity contribution in [3.05, 3.63) is 34.9 Å². The van der Waals surface area contributed by atoms with E-state index in [0.29, 0.717) is 5.92 Å². The van der Waals surface area contributed by atoms with Crippen LogP contribution in [0.25, 0.3) is 0 Å². The van der Waals surface area contributed by atoms with Crippen LogP contribution in [0.5, 0.6) is 0 Å². The molecule has 0 spiro atoms. The first-order valence-electron chi connectivity index (χ1n) is 8.30. The van der Waals surface area contributed by atoms with Crippen molar-refractivity contribution in [2.75, 3.05) is 0 Å². The maximum atomic E-state index is 6.65. The Labute approximate surface area is 160 Å². The Bertz CT molecular complexity index is 537. The monoisotopic (exact) mass is 465 g/mol. The summed E-state index contributed by atoms with van der Waals surface area (Å²) in [6, 6.07) is 8.13. The lowest BCUT2D eigenvalue weighted by atomic mass is 9.91. The van der Waals surface area contributed by atoms with Crippen molar-refractivity contribution in [3.63, 3.8) is 0 Å². The number of halogens is 2. The van der Waals surface area contributed by atoms with Crippen LogP contribution in [0.4, 0.5) is 0 Å². The molecule has 1 saturated carbocycles. The molecule has 0 radical (unpaired) electrons. The summed E-state index contributed by atoms with van der Waals surface area (Å²) in [7, 11) is -1.79. The molecule has 2 unspecified atom stereocenters. The summed E-state index contributed by atoms with van der Waals surface area (Å²) in [5, 5.41) is 0.995. The summed E-state index contributed by atoms with van der Waals surface area (Å²) in [4.78, 5) is 0. The zero-order chi connectivity index (χ0) is 17.5. The average molecular weight is 466 g/mol. The number of hydrogen-bond acceptors (Lipinski definition) is 2. The summed E-state index contributed by atoms with van der Waals surface area (Å²) >= 11 is 8.48. The molecule has 2 N–H and O–H groups in total. The van der Waals surface area contributed by atoms with Crippen LogP contribution in [0.2, 0.25) is 23.2 Å². The van der Waals surface area contributed by atoms with Crippen molar-refractivity contribution in [1.29, 1.82) is 0 Å². The van der Waals surface area contributed by atoms with Crippen LogP contribution < -0.4 is 5.73 Å². The maximum Gasteiger partial charge on any atom is 0.193 e. The number of rotatable bonds is 6. The van der Waals surface area contributed by atoms with Crippen molar-refractivity contribution >= 4 is 42.5 Å². The van der Waals surface area contributed by atoms with Crippen LogP contribution in [0, 0.1) is 5.92 Å². The van der Waals surface area contributed by atoms with Gasteiger partial charge in [-0.25, -0.2) is 0 Å². The van der Waals surface area contributed by atoms with Gasteiger partial charge in [0.25, 0.3) is 0 Å². The fourth-order valence-corrected chi connectivity index (χ4v) is 6.57. The Kier molecular flexibility index (Phi) is 5.95.